The van der Waals surface area contributed by atoms with Crippen molar-refractivity contribution in [2.45, 2.75) is 45.8 Å². The van der Waals surface area contributed by atoms with Gasteiger partial charge in [0.1, 0.15) is 5.69 Å². The van der Waals surface area contributed by atoms with E-state index in [-0.39, 0.29) is 17.7 Å². The number of amides is 1. The summed E-state index contributed by atoms with van der Waals surface area (Å²) >= 11 is 0. The lowest BCUT2D eigenvalue weighted by Crippen LogP contribution is -2.31. The van der Waals surface area contributed by atoms with Gasteiger partial charge in [0, 0.05) is 37.9 Å². The third-order valence-corrected chi connectivity index (χ3v) is 4.85. The fourth-order valence-corrected chi connectivity index (χ4v) is 3.34. The van der Waals surface area contributed by atoms with Gasteiger partial charge in [-0.1, -0.05) is 13.8 Å². The Kier molecular flexibility index (Phi) is 5.18. The fourth-order valence-electron chi connectivity index (χ4n) is 3.34. The summed E-state index contributed by atoms with van der Waals surface area (Å²) in [7, 11) is 0. The normalized spacial score (nSPS) is 20.4. The molecule has 1 saturated heterocycles. The van der Waals surface area contributed by atoms with Crippen LogP contribution in [0.1, 0.15) is 48.4 Å². The predicted molar refractivity (Wildman–Crippen MR) is 95.3 cm³/mol. The number of carbonyl (C=O) groups is 1. The maximum atomic E-state index is 13.0. The van der Waals surface area contributed by atoms with Gasteiger partial charge < -0.3 is 10.0 Å². The minimum atomic E-state index is -0.500. The molecule has 1 N–H and O–H groups in total. The maximum absolute atomic E-state index is 13.0. The number of aryl methyl sites for hydroxylation is 1. The van der Waals surface area contributed by atoms with Crippen molar-refractivity contribution in [2.24, 2.45) is 5.92 Å². The number of aliphatic hydroxyl groups is 1. The van der Waals surface area contributed by atoms with E-state index in [1.807, 2.05) is 25.1 Å². The minimum absolute atomic E-state index is 0.0440. The molecule has 0 spiro atoms. The summed E-state index contributed by atoms with van der Waals surface area (Å²) in [6, 6.07) is 5.80. The first-order chi connectivity index (χ1) is 12.0. The van der Waals surface area contributed by atoms with Crippen LogP contribution in [0.4, 0.5) is 0 Å². The molecule has 3 heterocycles. The molecule has 0 bridgehead atoms. The number of pyridine rings is 1. The van der Waals surface area contributed by atoms with Crippen LogP contribution in [0.2, 0.25) is 0 Å². The summed E-state index contributed by atoms with van der Waals surface area (Å²) in [6.07, 6.45) is 3.76. The summed E-state index contributed by atoms with van der Waals surface area (Å²) in [4.78, 5) is 18.7. The highest BCUT2D eigenvalue weighted by Crippen LogP contribution is 2.24. The van der Waals surface area contributed by atoms with Crippen molar-refractivity contribution >= 4 is 5.91 Å². The largest absolute Gasteiger partial charge is 0.391 e. The lowest BCUT2D eigenvalue weighted by atomic mass is 9.97. The highest BCUT2D eigenvalue weighted by Gasteiger charge is 2.35. The average molecular weight is 342 g/mol. The minimum Gasteiger partial charge on any atom is -0.391 e. The van der Waals surface area contributed by atoms with Crippen LogP contribution in [0.15, 0.2) is 30.6 Å². The first-order valence-electron chi connectivity index (χ1n) is 8.93. The van der Waals surface area contributed by atoms with Gasteiger partial charge in [-0.25, -0.2) is 0 Å². The summed E-state index contributed by atoms with van der Waals surface area (Å²) < 4.78 is 1.76. The molecule has 3 rings (SSSR count). The highest BCUT2D eigenvalue weighted by atomic mass is 16.3. The average Bonchev–Trinajstić information content (AvgIpc) is 3.19. The van der Waals surface area contributed by atoms with Gasteiger partial charge in [-0.2, -0.15) is 5.10 Å². The van der Waals surface area contributed by atoms with E-state index in [0.29, 0.717) is 25.3 Å². The number of aromatic nitrogens is 3. The lowest BCUT2D eigenvalue weighted by Gasteiger charge is -2.16. The van der Waals surface area contributed by atoms with Crippen molar-refractivity contribution in [3.05, 3.63) is 47.5 Å². The van der Waals surface area contributed by atoms with Gasteiger partial charge in [0.25, 0.3) is 5.91 Å². The molecule has 0 aromatic carbocycles. The predicted octanol–water partition coefficient (Wildman–Crippen LogP) is 2.10. The molecular formula is C19H26N4O2. The number of hydrogen-bond acceptors (Lipinski definition) is 4. The molecule has 2 unspecified atom stereocenters. The monoisotopic (exact) mass is 342 g/mol. The Morgan fingerprint density at radius 1 is 1.32 bits per heavy atom. The molecule has 1 amide bonds. The summed E-state index contributed by atoms with van der Waals surface area (Å²) in [5.74, 6) is 0.286. The molecule has 2 aromatic rings. The van der Waals surface area contributed by atoms with E-state index in [1.54, 1.807) is 22.0 Å². The number of hydrogen-bond donors (Lipinski definition) is 1. The zero-order valence-electron chi connectivity index (χ0n) is 15.1. The van der Waals surface area contributed by atoms with Crippen LogP contribution in [0, 0.1) is 5.92 Å². The molecule has 2 aromatic heterocycles. The Labute approximate surface area is 148 Å². The van der Waals surface area contributed by atoms with Crippen LogP contribution in [-0.4, -0.2) is 49.9 Å². The first-order valence-corrected chi connectivity index (χ1v) is 8.93. The van der Waals surface area contributed by atoms with E-state index < -0.39 is 6.10 Å². The van der Waals surface area contributed by atoms with Gasteiger partial charge in [-0.15, -0.1) is 0 Å². The molecule has 6 heteroatoms. The van der Waals surface area contributed by atoms with Gasteiger partial charge >= 0.3 is 0 Å². The molecule has 1 fully saturated rings. The Bertz CT molecular complexity index is 726. The van der Waals surface area contributed by atoms with E-state index in [1.165, 1.54) is 0 Å². The van der Waals surface area contributed by atoms with Crippen molar-refractivity contribution < 1.29 is 9.90 Å². The van der Waals surface area contributed by atoms with Crippen molar-refractivity contribution in [1.29, 1.82) is 0 Å². The molecular weight excluding hydrogens is 316 g/mol. The molecule has 6 nitrogen and oxygen atoms in total. The first kappa shape index (κ1) is 17.6. The zero-order valence-corrected chi connectivity index (χ0v) is 15.1. The second-order valence-electron chi connectivity index (χ2n) is 7.02. The molecule has 134 valence electrons. The van der Waals surface area contributed by atoms with Crippen LogP contribution >= 0.6 is 0 Å². The molecule has 0 aliphatic carbocycles. The third kappa shape index (κ3) is 3.74. The molecule has 0 saturated carbocycles. The lowest BCUT2D eigenvalue weighted by molar-refractivity contribution is 0.0752. The number of carbonyl (C=O) groups excluding carboxylic acids is 1. The van der Waals surface area contributed by atoms with Crippen molar-refractivity contribution in [2.75, 3.05) is 13.1 Å². The Morgan fingerprint density at radius 3 is 2.68 bits per heavy atom. The van der Waals surface area contributed by atoms with Crippen molar-refractivity contribution in [3.8, 4) is 0 Å². The molecule has 1 aliphatic heterocycles. The summed E-state index contributed by atoms with van der Waals surface area (Å²) in [6.45, 7) is 7.72. The van der Waals surface area contributed by atoms with Gasteiger partial charge in [0.15, 0.2) is 0 Å². The topological polar surface area (TPSA) is 71.2 Å². The second kappa shape index (κ2) is 7.35. The van der Waals surface area contributed by atoms with Gasteiger partial charge in [0.05, 0.1) is 11.8 Å². The van der Waals surface area contributed by atoms with Crippen LogP contribution in [0.25, 0.3) is 0 Å². The van der Waals surface area contributed by atoms with Gasteiger partial charge in [-0.3, -0.25) is 14.5 Å². The summed E-state index contributed by atoms with van der Waals surface area (Å²) in [5, 5.41) is 14.9. The van der Waals surface area contributed by atoms with Gasteiger partial charge in [0.2, 0.25) is 0 Å². The number of nitrogens with zero attached hydrogens (tertiary/aromatic N) is 4. The van der Waals surface area contributed by atoms with E-state index in [0.717, 1.165) is 17.7 Å². The highest BCUT2D eigenvalue weighted by molar-refractivity contribution is 5.93. The Balaban J connectivity index is 1.73. The van der Waals surface area contributed by atoms with Crippen molar-refractivity contribution in [1.82, 2.24) is 19.7 Å². The Morgan fingerprint density at radius 2 is 2.04 bits per heavy atom. The molecule has 2 atom stereocenters. The standard InChI is InChI=1S/C19H26N4O2/c1-4-23-17(10-16(21-23)13(2)3)19(25)22-11-15(18(24)12-22)9-14-5-7-20-8-6-14/h5-8,10,13,15,18,24H,4,9,11-12H2,1-3H3. The Hall–Kier alpha value is -2.21. The molecule has 25 heavy (non-hydrogen) atoms. The van der Waals surface area contributed by atoms with E-state index in [9.17, 15) is 9.90 Å². The smallest absolute Gasteiger partial charge is 0.272 e. The number of likely N-dealkylation sites (tertiary alicyclic amines) is 1. The molecule has 1 aliphatic rings. The molecule has 0 radical (unpaired) electrons. The number of β-amino-alcohol motifs (C(OH)–C–C–N with tert-alkyl or cyclic N) is 1. The quantitative estimate of drug-likeness (QED) is 0.903. The number of rotatable bonds is 5. The van der Waals surface area contributed by atoms with E-state index in [2.05, 4.69) is 23.9 Å². The van der Waals surface area contributed by atoms with E-state index in [4.69, 9.17) is 0 Å². The second-order valence-corrected chi connectivity index (χ2v) is 7.02. The van der Waals surface area contributed by atoms with Crippen molar-refractivity contribution in [3.63, 3.8) is 0 Å². The van der Waals surface area contributed by atoms with E-state index >= 15 is 0 Å². The maximum Gasteiger partial charge on any atom is 0.272 e. The SMILES string of the molecule is CCn1nc(C(C)C)cc1C(=O)N1CC(O)C(Cc2ccncc2)C1. The van der Waals surface area contributed by atoms with Crippen LogP contribution in [-0.2, 0) is 13.0 Å². The zero-order chi connectivity index (χ0) is 18.0. The van der Waals surface area contributed by atoms with Gasteiger partial charge in [-0.05, 0) is 43.0 Å². The third-order valence-electron chi connectivity index (χ3n) is 4.85. The van der Waals surface area contributed by atoms with Crippen LogP contribution in [0.5, 0.6) is 0 Å². The van der Waals surface area contributed by atoms with Crippen LogP contribution in [0.3, 0.4) is 0 Å². The number of aliphatic hydroxyl groups excluding tert-OH is 1. The van der Waals surface area contributed by atoms with Crippen LogP contribution < -0.4 is 0 Å². The fraction of sp³-hybridized carbons (Fsp3) is 0.526. The summed E-state index contributed by atoms with van der Waals surface area (Å²) in [5.41, 5.74) is 2.68.